The molecule has 1 rings (SSSR count). The molecule has 0 saturated carbocycles. The van der Waals surface area contributed by atoms with Crippen molar-refractivity contribution in [3.63, 3.8) is 0 Å². The van der Waals surface area contributed by atoms with Gasteiger partial charge in [0.1, 0.15) is 5.75 Å². The fraction of sp³-hybridized carbons (Fsp3) is 0.143. The van der Waals surface area contributed by atoms with E-state index < -0.39 is 0 Å². The van der Waals surface area contributed by atoms with E-state index in [1.807, 2.05) is 18.2 Å². The van der Waals surface area contributed by atoms with Crippen LogP contribution in [-0.4, -0.2) is 36.7 Å². The van der Waals surface area contributed by atoms with Crippen molar-refractivity contribution in [1.29, 1.82) is 0 Å². The van der Waals surface area contributed by atoms with Crippen molar-refractivity contribution in [2.45, 2.75) is 0 Å². The van der Waals surface area contributed by atoms with Crippen LogP contribution in [0.2, 0.25) is 0 Å². The van der Waals surface area contributed by atoms with Crippen molar-refractivity contribution in [2.75, 3.05) is 7.11 Å². The van der Waals surface area contributed by atoms with Gasteiger partial charge in [0, 0.05) is 0 Å². The Kier molecular flexibility index (Phi) is 4.87. The zero-order valence-electron chi connectivity index (χ0n) is 4.72. The first-order valence-corrected chi connectivity index (χ1v) is 2.43. The van der Waals surface area contributed by atoms with Gasteiger partial charge in [-0.1, -0.05) is 12.1 Å². The van der Waals surface area contributed by atoms with Crippen LogP contribution in [0.1, 0.15) is 0 Å². The summed E-state index contributed by atoms with van der Waals surface area (Å²) >= 11 is 0. The van der Waals surface area contributed by atoms with E-state index in [1.165, 1.54) is 0 Å². The standard InChI is InChI=1S/C7H7O.Na.H/c1-8-7-5-3-2-4-6-7;;/h2-3,5-6H,1H3;;. The van der Waals surface area contributed by atoms with E-state index in [4.69, 9.17) is 4.74 Å². The third-order valence-electron chi connectivity index (χ3n) is 0.914. The zero-order valence-corrected chi connectivity index (χ0v) is 4.72. The van der Waals surface area contributed by atoms with Crippen LogP contribution in [0.15, 0.2) is 24.3 Å². The fourth-order valence-electron chi connectivity index (χ4n) is 0.504. The number of hydrogen-bond acceptors (Lipinski definition) is 1. The summed E-state index contributed by atoms with van der Waals surface area (Å²) in [5, 5.41) is 0. The topological polar surface area (TPSA) is 9.23 Å². The first-order chi connectivity index (χ1) is 3.93. The summed E-state index contributed by atoms with van der Waals surface area (Å²) in [5.41, 5.74) is 0. The van der Waals surface area contributed by atoms with Crippen LogP contribution < -0.4 is 4.74 Å². The van der Waals surface area contributed by atoms with Crippen LogP contribution in [0.3, 0.4) is 0 Å². The number of rotatable bonds is 1. The summed E-state index contributed by atoms with van der Waals surface area (Å²) in [6.45, 7) is 0. The summed E-state index contributed by atoms with van der Waals surface area (Å²) < 4.78 is 4.88. The van der Waals surface area contributed by atoms with Gasteiger partial charge < -0.3 is 4.74 Å². The molecular formula is C7H8NaO. The van der Waals surface area contributed by atoms with Gasteiger partial charge >= 0.3 is 29.6 Å². The molecule has 9 heavy (non-hydrogen) atoms. The molecule has 0 aliphatic rings. The van der Waals surface area contributed by atoms with Crippen LogP contribution in [0, 0.1) is 6.07 Å². The summed E-state index contributed by atoms with van der Waals surface area (Å²) in [7, 11) is 1.64. The first kappa shape index (κ1) is 9.02. The monoisotopic (exact) mass is 131 g/mol. The molecule has 0 N–H and O–H groups in total. The molecule has 0 unspecified atom stereocenters. The normalized spacial score (nSPS) is 7.67. The predicted octanol–water partition coefficient (Wildman–Crippen LogP) is 0.847. The van der Waals surface area contributed by atoms with Crippen molar-refractivity contribution >= 4 is 29.6 Å². The van der Waals surface area contributed by atoms with Crippen LogP contribution in [0.4, 0.5) is 0 Å². The Morgan fingerprint density at radius 3 is 2.67 bits per heavy atom. The molecule has 1 nitrogen and oxygen atoms in total. The average molecular weight is 131 g/mol. The van der Waals surface area contributed by atoms with Crippen LogP contribution in [-0.2, 0) is 0 Å². The first-order valence-electron chi connectivity index (χ1n) is 2.43. The predicted molar refractivity (Wildman–Crippen MR) is 39.0 cm³/mol. The van der Waals surface area contributed by atoms with Crippen molar-refractivity contribution < 1.29 is 4.74 Å². The molecule has 43 valence electrons. The van der Waals surface area contributed by atoms with Gasteiger partial charge in [-0.2, -0.15) is 0 Å². The minimum absolute atomic E-state index is 0. The molecule has 0 atom stereocenters. The molecular weight excluding hydrogens is 123 g/mol. The Labute approximate surface area is 77.3 Å². The van der Waals surface area contributed by atoms with Gasteiger partial charge in [-0.05, 0) is 18.2 Å². The van der Waals surface area contributed by atoms with Crippen molar-refractivity contribution in [1.82, 2.24) is 0 Å². The molecule has 1 aromatic rings. The Balaban J connectivity index is 0.000000640. The quantitative estimate of drug-likeness (QED) is 0.513. The second-order valence-corrected chi connectivity index (χ2v) is 1.44. The Hall–Kier alpha value is 0.0200. The van der Waals surface area contributed by atoms with Crippen molar-refractivity contribution in [3.8, 4) is 5.75 Å². The van der Waals surface area contributed by atoms with Gasteiger partial charge in [0.15, 0.2) is 0 Å². The summed E-state index contributed by atoms with van der Waals surface area (Å²) in [5.74, 6) is 0.854. The van der Waals surface area contributed by atoms with Gasteiger partial charge in [0.25, 0.3) is 0 Å². The zero-order chi connectivity index (χ0) is 5.82. The van der Waals surface area contributed by atoms with Crippen LogP contribution in [0.5, 0.6) is 5.75 Å². The van der Waals surface area contributed by atoms with Gasteiger partial charge in [0.05, 0.1) is 7.11 Å². The maximum absolute atomic E-state index is 4.88. The summed E-state index contributed by atoms with van der Waals surface area (Å²) in [4.78, 5) is 0. The van der Waals surface area contributed by atoms with E-state index in [0.29, 0.717) is 0 Å². The second-order valence-electron chi connectivity index (χ2n) is 1.44. The Morgan fingerprint density at radius 2 is 2.33 bits per heavy atom. The molecule has 0 bridgehead atoms. The molecule has 2 heteroatoms. The van der Waals surface area contributed by atoms with Gasteiger partial charge in [-0.15, -0.1) is 0 Å². The molecule has 0 saturated heterocycles. The number of benzene rings is 1. The fourth-order valence-corrected chi connectivity index (χ4v) is 0.504. The SMILES string of the molecule is COc1c[c]ccc1.[NaH]. The van der Waals surface area contributed by atoms with Crippen LogP contribution >= 0.6 is 0 Å². The molecule has 0 fully saturated rings. The minimum atomic E-state index is 0. The number of hydrogen-bond donors (Lipinski definition) is 0. The molecule has 0 aromatic heterocycles. The Morgan fingerprint density at radius 1 is 1.56 bits per heavy atom. The molecule has 0 aliphatic heterocycles. The average Bonchev–Trinajstić information content (AvgIpc) is 1.90. The Bertz CT molecular complexity index is 150. The molecule has 0 aliphatic carbocycles. The van der Waals surface area contributed by atoms with E-state index in [-0.39, 0.29) is 29.6 Å². The second kappa shape index (κ2) is 4.86. The third kappa shape index (κ3) is 2.89. The molecule has 1 radical (unpaired) electrons. The van der Waals surface area contributed by atoms with E-state index >= 15 is 0 Å². The molecule has 0 amide bonds. The number of ether oxygens (including phenoxy) is 1. The van der Waals surface area contributed by atoms with Gasteiger partial charge in [-0.25, -0.2) is 0 Å². The maximum atomic E-state index is 4.88. The molecule has 1 aromatic carbocycles. The van der Waals surface area contributed by atoms with E-state index in [0.717, 1.165) is 5.75 Å². The van der Waals surface area contributed by atoms with Gasteiger partial charge in [-0.3, -0.25) is 0 Å². The van der Waals surface area contributed by atoms with E-state index in [1.54, 1.807) is 13.2 Å². The van der Waals surface area contributed by atoms with Crippen LogP contribution in [0.25, 0.3) is 0 Å². The molecule has 0 spiro atoms. The van der Waals surface area contributed by atoms with Crippen molar-refractivity contribution in [3.05, 3.63) is 30.3 Å². The van der Waals surface area contributed by atoms with E-state index in [9.17, 15) is 0 Å². The number of methoxy groups -OCH3 is 1. The summed E-state index contributed by atoms with van der Waals surface area (Å²) in [6.07, 6.45) is 0. The molecule has 0 heterocycles. The van der Waals surface area contributed by atoms with Crippen molar-refractivity contribution in [2.24, 2.45) is 0 Å². The van der Waals surface area contributed by atoms with Gasteiger partial charge in [0.2, 0.25) is 0 Å². The third-order valence-corrected chi connectivity index (χ3v) is 0.914. The summed E-state index contributed by atoms with van der Waals surface area (Å²) in [6, 6.07) is 10.3. The van der Waals surface area contributed by atoms with E-state index in [2.05, 4.69) is 6.07 Å².